The van der Waals surface area contributed by atoms with Crippen LogP contribution in [0.2, 0.25) is 5.02 Å². The molecule has 1 aliphatic rings. The van der Waals surface area contributed by atoms with Crippen molar-refractivity contribution >= 4 is 49.7 Å². The number of hydrogen-bond acceptors (Lipinski definition) is 5. The van der Waals surface area contributed by atoms with Crippen LogP contribution in [0.4, 0.5) is 10.8 Å². The molecule has 9 heteroatoms. The zero-order valence-corrected chi connectivity index (χ0v) is 18.6. The van der Waals surface area contributed by atoms with Gasteiger partial charge in [-0.05, 0) is 54.8 Å². The average molecular weight is 462 g/mol. The molecule has 0 bridgehead atoms. The maximum Gasteiger partial charge on any atom is 0.257 e. The largest absolute Gasteiger partial charge is 0.298 e. The molecule has 6 nitrogen and oxygen atoms in total. The van der Waals surface area contributed by atoms with E-state index in [1.165, 1.54) is 15.6 Å². The maximum absolute atomic E-state index is 12.5. The van der Waals surface area contributed by atoms with Gasteiger partial charge in [0, 0.05) is 34.6 Å². The summed E-state index contributed by atoms with van der Waals surface area (Å²) >= 11 is 7.59. The second-order valence-corrected chi connectivity index (χ2v) is 10.7. The fourth-order valence-electron chi connectivity index (χ4n) is 3.27. The third-order valence-corrected chi connectivity index (χ3v) is 8.09. The fourth-order valence-corrected chi connectivity index (χ4v) is 5.88. The van der Waals surface area contributed by atoms with E-state index in [0.717, 1.165) is 21.0 Å². The Balaban J connectivity index is 1.41. The number of halogens is 1. The van der Waals surface area contributed by atoms with E-state index >= 15 is 0 Å². The highest BCUT2D eigenvalue weighted by Crippen LogP contribution is 2.26. The number of hydrogen-bond donors (Lipinski definition) is 1. The molecule has 0 aliphatic carbocycles. The van der Waals surface area contributed by atoms with Gasteiger partial charge in [0.1, 0.15) is 0 Å². The van der Waals surface area contributed by atoms with Crippen LogP contribution in [0.1, 0.15) is 32.8 Å². The van der Waals surface area contributed by atoms with Gasteiger partial charge in [0.25, 0.3) is 5.91 Å². The Bertz CT molecular complexity index is 1190. The van der Waals surface area contributed by atoms with Crippen LogP contribution < -0.4 is 9.62 Å². The minimum Gasteiger partial charge on any atom is -0.298 e. The van der Waals surface area contributed by atoms with Crippen LogP contribution in [0.15, 0.2) is 48.7 Å². The molecule has 156 valence electrons. The van der Waals surface area contributed by atoms with Crippen LogP contribution >= 0.6 is 22.9 Å². The topological polar surface area (TPSA) is 79.4 Å². The molecule has 0 spiro atoms. The molecule has 2 heterocycles. The van der Waals surface area contributed by atoms with Gasteiger partial charge in [0.05, 0.1) is 11.4 Å². The van der Waals surface area contributed by atoms with Gasteiger partial charge in [0.2, 0.25) is 10.0 Å². The number of benzene rings is 2. The van der Waals surface area contributed by atoms with Gasteiger partial charge in [0.15, 0.2) is 5.13 Å². The van der Waals surface area contributed by atoms with Gasteiger partial charge < -0.3 is 0 Å². The molecule has 0 saturated carbocycles. The molecule has 1 fully saturated rings. The Kier molecular flexibility index (Phi) is 5.81. The lowest BCUT2D eigenvalue weighted by Gasteiger charge is -2.16. The van der Waals surface area contributed by atoms with Gasteiger partial charge in [-0.1, -0.05) is 23.7 Å². The van der Waals surface area contributed by atoms with E-state index in [4.69, 9.17) is 11.6 Å². The normalized spacial score (nSPS) is 15.3. The number of amides is 1. The van der Waals surface area contributed by atoms with Crippen LogP contribution in [0.5, 0.6) is 0 Å². The molecular formula is C21H20ClN3O3S2. The van der Waals surface area contributed by atoms with Crippen LogP contribution in [-0.4, -0.2) is 31.6 Å². The van der Waals surface area contributed by atoms with Crippen molar-refractivity contribution in [1.29, 1.82) is 0 Å². The predicted molar refractivity (Wildman–Crippen MR) is 121 cm³/mol. The first-order valence-corrected chi connectivity index (χ1v) is 12.2. The number of carbonyl (C=O) groups excluding carboxylic acids is 1. The Labute approximate surface area is 184 Å². The highest BCUT2D eigenvalue weighted by molar-refractivity contribution is 7.93. The van der Waals surface area contributed by atoms with Crippen molar-refractivity contribution in [3.05, 3.63) is 75.3 Å². The van der Waals surface area contributed by atoms with Gasteiger partial charge in [-0.25, -0.2) is 13.4 Å². The molecule has 3 aromatic rings. The summed E-state index contributed by atoms with van der Waals surface area (Å²) < 4.78 is 25.4. The number of nitrogens with one attached hydrogen (secondary N) is 1. The monoisotopic (exact) mass is 461 g/mol. The van der Waals surface area contributed by atoms with E-state index in [1.807, 2.05) is 25.1 Å². The molecule has 0 atom stereocenters. The minimum atomic E-state index is -3.23. The lowest BCUT2D eigenvalue weighted by Crippen LogP contribution is -2.25. The standard InChI is InChI=1S/C21H20ClN3O3S2/c1-14-3-4-15(12-19(14)22)11-18-13-23-21(29-18)24-20(26)16-5-7-17(8-6-16)25-9-2-10-30(25,27)28/h3-8,12-13H,2,9-11H2,1H3,(H,23,24,26). The number of aryl methyl sites for hydroxylation is 1. The first-order chi connectivity index (χ1) is 14.3. The predicted octanol–water partition coefficient (Wildman–Crippen LogP) is 4.49. The number of nitrogens with zero attached hydrogens (tertiary/aromatic N) is 2. The summed E-state index contributed by atoms with van der Waals surface area (Å²) in [5, 5.41) is 4.05. The highest BCUT2D eigenvalue weighted by atomic mass is 35.5. The highest BCUT2D eigenvalue weighted by Gasteiger charge is 2.28. The SMILES string of the molecule is Cc1ccc(Cc2cnc(NC(=O)c3ccc(N4CCCS4(=O)=O)cc3)s2)cc1Cl. The number of carbonyl (C=O) groups is 1. The van der Waals surface area contributed by atoms with Gasteiger partial charge >= 0.3 is 0 Å². The number of anilines is 2. The third-order valence-electron chi connectivity index (χ3n) is 4.91. The van der Waals surface area contributed by atoms with E-state index in [2.05, 4.69) is 10.3 Å². The number of thiazole rings is 1. The number of sulfonamides is 1. The molecule has 1 saturated heterocycles. The molecule has 0 radical (unpaired) electrons. The summed E-state index contributed by atoms with van der Waals surface area (Å²) in [6.07, 6.45) is 3.05. The van der Waals surface area contributed by atoms with E-state index in [1.54, 1.807) is 30.5 Å². The van der Waals surface area contributed by atoms with E-state index in [9.17, 15) is 13.2 Å². The fraction of sp³-hybridized carbons (Fsp3) is 0.238. The van der Waals surface area contributed by atoms with Crippen molar-refractivity contribution in [1.82, 2.24) is 4.98 Å². The number of aromatic nitrogens is 1. The number of rotatable bonds is 5. The van der Waals surface area contributed by atoms with Gasteiger partial charge in [-0.3, -0.25) is 14.4 Å². The first kappa shape index (κ1) is 20.8. The lowest BCUT2D eigenvalue weighted by atomic mass is 10.1. The van der Waals surface area contributed by atoms with Crippen LogP contribution in [0.3, 0.4) is 0 Å². The van der Waals surface area contributed by atoms with E-state index in [0.29, 0.717) is 35.8 Å². The van der Waals surface area contributed by atoms with Crippen LogP contribution in [0.25, 0.3) is 0 Å². The second-order valence-electron chi connectivity index (χ2n) is 7.13. The van der Waals surface area contributed by atoms with E-state index in [-0.39, 0.29) is 11.7 Å². The smallest absolute Gasteiger partial charge is 0.257 e. The summed E-state index contributed by atoms with van der Waals surface area (Å²) in [6.45, 7) is 2.44. The van der Waals surface area contributed by atoms with Crippen molar-refractivity contribution in [2.45, 2.75) is 19.8 Å². The minimum absolute atomic E-state index is 0.163. The van der Waals surface area contributed by atoms with Gasteiger partial charge in [-0.2, -0.15) is 0 Å². The summed E-state index contributed by atoms with van der Waals surface area (Å²) in [5.74, 6) is -0.124. The van der Waals surface area contributed by atoms with Crippen LogP contribution in [-0.2, 0) is 16.4 Å². The average Bonchev–Trinajstić information content (AvgIpc) is 3.30. The molecular weight excluding hydrogens is 442 g/mol. The summed E-state index contributed by atoms with van der Waals surface area (Å²) in [7, 11) is -3.23. The molecule has 1 aromatic heterocycles. The summed E-state index contributed by atoms with van der Waals surface area (Å²) in [5.41, 5.74) is 3.14. The third kappa shape index (κ3) is 4.50. The van der Waals surface area contributed by atoms with Crippen LogP contribution in [0, 0.1) is 6.92 Å². The quantitative estimate of drug-likeness (QED) is 0.607. The Hall–Kier alpha value is -2.42. The van der Waals surface area contributed by atoms with Crippen molar-refractivity contribution in [2.24, 2.45) is 0 Å². The van der Waals surface area contributed by atoms with Crippen molar-refractivity contribution in [3.8, 4) is 0 Å². The first-order valence-electron chi connectivity index (χ1n) is 9.43. The molecule has 0 unspecified atom stereocenters. The molecule has 1 aliphatic heterocycles. The maximum atomic E-state index is 12.5. The lowest BCUT2D eigenvalue weighted by molar-refractivity contribution is 0.102. The zero-order chi connectivity index (χ0) is 21.3. The zero-order valence-electron chi connectivity index (χ0n) is 16.3. The van der Waals surface area contributed by atoms with Gasteiger partial charge in [-0.15, -0.1) is 11.3 Å². The second kappa shape index (κ2) is 8.37. The van der Waals surface area contributed by atoms with Crippen molar-refractivity contribution < 1.29 is 13.2 Å². The van der Waals surface area contributed by atoms with Crippen molar-refractivity contribution in [2.75, 3.05) is 21.9 Å². The molecule has 1 N–H and O–H groups in total. The Morgan fingerprint density at radius 1 is 1.23 bits per heavy atom. The Morgan fingerprint density at radius 2 is 2.00 bits per heavy atom. The summed E-state index contributed by atoms with van der Waals surface area (Å²) in [6, 6.07) is 12.5. The summed E-state index contributed by atoms with van der Waals surface area (Å²) in [4.78, 5) is 17.8. The van der Waals surface area contributed by atoms with Crippen molar-refractivity contribution in [3.63, 3.8) is 0 Å². The molecule has 4 rings (SSSR count). The Morgan fingerprint density at radius 3 is 2.67 bits per heavy atom. The molecule has 30 heavy (non-hydrogen) atoms. The van der Waals surface area contributed by atoms with E-state index < -0.39 is 10.0 Å². The molecule has 2 aromatic carbocycles. The molecule has 1 amide bonds.